The number of nitrogens with zero attached hydrogens (tertiary/aromatic N) is 5. The quantitative estimate of drug-likeness (QED) is 0.387. The predicted molar refractivity (Wildman–Crippen MR) is 110 cm³/mol. The van der Waals surface area contributed by atoms with Crippen molar-refractivity contribution in [2.45, 2.75) is 5.37 Å². The number of rotatable bonds is 6. The number of hydrogen-bond donors (Lipinski definition) is 3. The molecule has 0 saturated heterocycles. The number of hydrogen-bond acceptors (Lipinski definition) is 7. The highest BCUT2D eigenvalue weighted by Gasteiger charge is 2.27. The van der Waals surface area contributed by atoms with E-state index in [0.29, 0.717) is 5.56 Å². The minimum absolute atomic E-state index is 0.100. The zero-order chi connectivity index (χ0) is 22.6. The average Bonchev–Trinajstić information content (AvgIpc) is 2.74. The first-order chi connectivity index (χ1) is 14.8. The Morgan fingerprint density at radius 3 is 2.71 bits per heavy atom. The normalized spacial score (nSPS) is 12.5. The van der Waals surface area contributed by atoms with Crippen molar-refractivity contribution >= 4 is 16.1 Å². The van der Waals surface area contributed by atoms with Gasteiger partial charge in [0.25, 0.3) is 0 Å². The zero-order valence-corrected chi connectivity index (χ0v) is 17.2. The third kappa shape index (κ3) is 4.79. The Labute approximate surface area is 176 Å². The minimum atomic E-state index is -3.52. The Bertz CT molecular complexity index is 1210. The number of methoxy groups -OCH3 is 1. The molecule has 0 aliphatic carbocycles. The van der Waals surface area contributed by atoms with Crippen molar-refractivity contribution in [2.24, 2.45) is 4.36 Å². The number of anilines is 1. The third-order valence-electron chi connectivity index (χ3n) is 4.25. The lowest BCUT2D eigenvalue weighted by Gasteiger charge is -2.29. The van der Waals surface area contributed by atoms with Gasteiger partial charge in [0.2, 0.25) is 12.1 Å². The van der Waals surface area contributed by atoms with E-state index in [1.54, 1.807) is 0 Å². The van der Waals surface area contributed by atoms with Crippen molar-refractivity contribution in [1.29, 1.82) is 5.26 Å². The van der Waals surface area contributed by atoms with Gasteiger partial charge in [0.05, 0.1) is 12.7 Å². The summed E-state index contributed by atoms with van der Waals surface area (Å²) in [5.74, 6) is -2.70. The minimum Gasteiger partial charge on any atom is -0.496 e. The molecule has 8 nitrogen and oxygen atoms in total. The van der Waals surface area contributed by atoms with E-state index >= 15 is 0 Å². The van der Waals surface area contributed by atoms with Gasteiger partial charge in [-0.3, -0.25) is 0 Å². The number of thiol groups is 1. The second-order valence-electron chi connectivity index (χ2n) is 6.35. The maximum atomic E-state index is 14.5. The Hall–Kier alpha value is -3.56. The second-order valence-corrected chi connectivity index (χ2v) is 9.02. The molecule has 0 aliphatic rings. The highest BCUT2D eigenvalue weighted by molar-refractivity contribution is 7.99. The van der Waals surface area contributed by atoms with Gasteiger partial charge < -0.3 is 14.6 Å². The van der Waals surface area contributed by atoms with Crippen LogP contribution < -0.4 is 10.1 Å². The summed E-state index contributed by atoms with van der Waals surface area (Å²) in [5, 5.41) is 10.3. The molecule has 1 atom stereocenters. The van der Waals surface area contributed by atoms with Crippen molar-refractivity contribution in [2.75, 3.05) is 18.7 Å². The van der Waals surface area contributed by atoms with Gasteiger partial charge in [0.1, 0.15) is 23.3 Å². The first kappa shape index (κ1) is 22.1. The smallest absolute Gasteiger partial charge is 0.227 e. The summed E-state index contributed by atoms with van der Waals surface area (Å²) in [5.41, 5.74) is 0.102. The molecule has 31 heavy (non-hydrogen) atoms. The summed E-state index contributed by atoms with van der Waals surface area (Å²) in [6.07, 6.45) is 3.89. The van der Waals surface area contributed by atoms with Gasteiger partial charge in [0.15, 0.2) is 17.5 Å². The first-order valence-corrected chi connectivity index (χ1v) is 10.9. The molecule has 2 aromatic carbocycles. The Balaban J connectivity index is 2.08. The van der Waals surface area contributed by atoms with Crippen LogP contribution in [0.5, 0.6) is 5.75 Å². The maximum absolute atomic E-state index is 14.5. The molecule has 1 heterocycles. The highest BCUT2D eigenvalue weighted by atomic mass is 32.3. The molecule has 0 radical (unpaired) electrons. The van der Waals surface area contributed by atoms with Gasteiger partial charge >= 0.3 is 0 Å². The maximum Gasteiger partial charge on any atom is 0.227 e. The fourth-order valence-electron chi connectivity index (χ4n) is 2.81. The van der Waals surface area contributed by atoms with Crippen LogP contribution >= 0.6 is 0 Å². The van der Waals surface area contributed by atoms with E-state index in [1.807, 2.05) is 0 Å². The number of aromatic nitrogens is 3. The van der Waals surface area contributed by atoms with E-state index < -0.39 is 32.9 Å². The van der Waals surface area contributed by atoms with Gasteiger partial charge in [0, 0.05) is 11.6 Å². The molecular weight excluding hydrogens is 433 g/mol. The zero-order valence-electron chi connectivity index (χ0n) is 16.3. The summed E-state index contributed by atoms with van der Waals surface area (Å²) in [7, 11) is -2.17. The Morgan fingerprint density at radius 1 is 1.23 bits per heavy atom. The van der Waals surface area contributed by atoms with E-state index in [1.165, 1.54) is 43.8 Å². The number of benzene rings is 2. The van der Waals surface area contributed by atoms with Crippen LogP contribution in [-0.4, -0.2) is 32.9 Å². The molecule has 162 valence electrons. The lowest BCUT2D eigenvalue weighted by molar-refractivity contribution is 0.412. The largest absolute Gasteiger partial charge is 0.496 e. The predicted octanol–water partition coefficient (Wildman–Crippen LogP) is 3.73. The monoisotopic (exact) mass is 450 g/mol. The SMILES string of the molecule is COc1cc(F)ccc1-c1ncnc(NC(c2cccc(F)c2F)[SH](C)(O)=NC#N)n1. The number of halogens is 3. The van der Waals surface area contributed by atoms with Crippen molar-refractivity contribution in [3.63, 3.8) is 0 Å². The van der Waals surface area contributed by atoms with Crippen LogP contribution in [-0.2, 0) is 10.1 Å². The number of nitriles is 1. The molecular formula is C19H17F3N6O2S. The number of nitrogens with one attached hydrogen (secondary N) is 1. The number of ether oxygens (including phenoxy) is 1. The van der Waals surface area contributed by atoms with Crippen LogP contribution in [0.15, 0.2) is 47.1 Å². The molecule has 12 heteroatoms. The van der Waals surface area contributed by atoms with E-state index in [2.05, 4.69) is 24.6 Å². The van der Waals surface area contributed by atoms with E-state index in [0.717, 1.165) is 18.5 Å². The summed E-state index contributed by atoms with van der Waals surface area (Å²) in [6.45, 7) is 0. The van der Waals surface area contributed by atoms with Crippen LogP contribution in [0.1, 0.15) is 10.9 Å². The third-order valence-corrected chi connectivity index (χ3v) is 6.13. The molecule has 0 saturated carbocycles. The van der Waals surface area contributed by atoms with Crippen molar-refractivity contribution in [3.8, 4) is 23.3 Å². The van der Waals surface area contributed by atoms with Gasteiger partial charge in [-0.15, -0.1) is 4.36 Å². The lowest BCUT2D eigenvalue weighted by atomic mass is 10.2. The van der Waals surface area contributed by atoms with E-state index in [9.17, 15) is 17.7 Å². The highest BCUT2D eigenvalue weighted by Crippen LogP contribution is 2.32. The average molecular weight is 450 g/mol. The molecule has 0 bridgehead atoms. The molecule has 0 spiro atoms. The molecule has 1 aromatic heterocycles. The lowest BCUT2D eigenvalue weighted by Crippen LogP contribution is -2.28. The Kier molecular flexibility index (Phi) is 6.47. The Morgan fingerprint density at radius 2 is 2.00 bits per heavy atom. The van der Waals surface area contributed by atoms with Gasteiger partial charge in [-0.05, 0) is 24.5 Å². The molecule has 2 N–H and O–H groups in total. The van der Waals surface area contributed by atoms with Crippen LogP contribution in [0.25, 0.3) is 11.4 Å². The topological polar surface area (TPSA) is 116 Å². The van der Waals surface area contributed by atoms with Crippen molar-refractivity contribution < 1.29 is 22.5 Å². The van der Waals surface area contributed by atoms with Crippen molar-refractivity contribution in [3.05, 3.63) is 65.7 Å². The summed E-state index contributed by atoms with van der Waals surface area (Å²) in [4.78, 5) is 12.2. The van der Waals surface area contributed by atoms with Crippen molar-refractivity contribution in [1.82, 2.24) is 15.0 Å². The van der Waals surface area contributed by atoms with E-state index in [-0.39, 0.29) is 23.1 Å². The van der Waals surface area contributed by atoms with Gasteiger partial charge in [-0.1, -0.05) is 22.2 Å². The molecule has 3 aromatic rings. The standard InChI is InChI=1S/C19H17F3N6O2S/c1-30-15-8-11(20)6-7-12(15)17-24-10-25-19(27-17)28-18(31(2,29)26-9-23)13-4-3-5-14(21)16(13)22/h3-8,10,18,31H,1-2H3,(H,26,29)(H,24,25,27,28). The first-order valence-electron chi connectivity index (χ1n) is 8.70. The molecule has 0 fully saturated rings. The summed E-state index contributed by atoms with van der Waals surface area (Å²) in [6, 6.07) is 7.19. The fraction of sp³-hybridized carbons (Fsp3) is 0.158. The summed E-state index contributed by atoms with van der Waals surface area (Å²) < 4.78 is 61.2. The molecule has 3 rings (SSSR count). The second kappa shape index (κ2) is 9.07. The van der Waals surface area contributed by atoms with Gasteiger partial charge in [-0.25, -0.2) is 23.1 Å². The molecule has 0 aliphatic heterocycles. The van der Waals surface area contributed by atoms with Crippen LogP contribution in [0.4, 0.5) is 19.1 Å². The fourth-order valence-corrected chi connectivity index (χ4v) is 4.19. The van der Waals surface area contributed by atoms with Crippen LogP contribution in [0.3, 0.4) is 0 Å². The molecule has 0 amide bonds. The molecule has 1 unspecified atom stereocenters. The summed E-state index contributed by atoms with van der Waals surface area (Å²) >= 11 is 0. The van der Waals surface area contributed by atoms with Crippen LogP contribution in [0, 0.1) is 28.9 Å². The van der Waals surface area contributed by atoms with Gasteiger partial charge in [-0.2, -0.15) is 10.2 Å². The van der Waals surface area contributed by atoms with Crippen LogP contribution in [0.2, 0.25) is 0 Å². The van der Waals surface area contributed by atoms with E-state index in [4.69, 9.17) is 10.00 Å².